The van der Waals surface area contributed by atoms with E-state index in [1.54, 1.807) is 0 Å². The molecule has 0 bridgehead atoms. The summed E-state index contributed by atoms with van der Waals surface area (Å²) < 4.78 is 72.8. The van der Waals surface area contributed by atoms with Gasteiger partial charge in [-0.05, 0) is 46.3 Å². The second-order valence-corrected chi connectivity index (χ2v) is 6.67. The van der Waals surface area contributed by atoms with Crippen LogP contribution >= 0.6 is 0 Å². The number of alkyl halides is 2. The topological polar surface area (TPSA) is 69.4 Å². The Kier molecular flexibility index (Phi) is 5.40. The van der Waals surface area contributed by atoms with Crippen molar-refractivity contribution in [3.05, 3.63) is 89.9 Å². The van der Waals surface area contributed by atoms with Crippen LogP contribution in [0.2, 0.25) is 0 Å². The first-order chi connectivity index (χ1) is 14.8. The zero-order chi connectivity index (χ0) is 22.0. The van der Waals surface area contributed by atoms with E-state index < -0.39 is 47.1 Å². The molecule has 6 nitrogen and oxygen atoms in total. The Balaban J connectivity index is 1.71. The van der Waals surface area contributed by atoms with Gasteiger partial charge in [0.05, 0.1) is 30.6 Å². The standard InChI is InChI=1S/C20H13F5N6/c21-13-3-1-12(2-4-13)18-8-27-19(9-26-18)20(24,25)16(10-31-11-28-29-30-31)15-6-5-14(22)7-17(15)23/h1-9,11,16H,10H2. The van der Waals surface area contributed by atoms with Gasteiger partial charge in [-0.3, -0.25) is 9.97 Å². The summed E-state index contributed by atoms with van der Waals surface area (Å²) in [5, 5.41) is 10.3. The van der Waals surface area contributed by atoms with E-state index in [-0.39, 0.29) is 5.69 Å². The third-order valence-electron chi connectivity index (χ3n) is 4.67. The lowest BCUT2D eigenvalue weighted by Crippen LogP contribution is -2.30. The van der Waals surface area contributed by atoms with Gasteiger partial charge >= 0.3 is 0 Å². The van der Waals surface area contributed by atoms with Crippen molar-refractivity contribution in [1.29, 1.82) is 0 Å². The first kappa shape index (κ1) is 20.5. The van der Waals surface area contributed by atoms with Crippen molar-refractivity contribution in [3.8, 4) is 11.3 Å². The monoisotopic (exact) mass is 432 g/mol. The molecule has 0 aliphatic heterocycles. The highest BCUT2D eigenvalue weighted by Crippen LogP contribution is 2.43. The van der Waals surface area contributed by atoms with Gasteiger partial charge in [-0.2, -0.15) is 8.78 Å². The van der Waals surface area contributed by atoms with Gasteiger partial charge in [-0.1, -0.05) is 6.07 Å². The van der Waals surface area contributed by atoms with Crippen molar-refractivity contribution in [3.63, 3.8) is 0 Å². The van der Waals surface area contributed by atoms with Crippen molar-refractivity contribution >= 4 is 0 Å². The van der Waals surface area contributed by atoms with Crippen molar-refractivity contribution in [2.45, 2.75) is 18.4 Å². The molecule has 0 saturated heterocycles. The van der Waals surface area contributed by atoms with Crippen molar-refractivity contribution < 1.29 is 22.0 Å². The smallest absolute Gasteiger partial charge is 0.252 e. The number of rotatable bonds is 6. The molecule has 4 rings (SSSR count). The molecule has 1 unspecified atom stereocenters. The van der Waals surface area contributed by atoms with Crippen LogP contribution in [0.15, 0.2) is 61.2 Å². The first-order valence-corrected chi connectivity index (χ1v) is 8.96. The number of aromatic nitrogens is 6. The maximum atomic E-state index is 15.5. The summed E-state index contributed by atoms with van der Waals surface area (Å²) in [5.41, 5.74) is -0.408. The van der Waals surface area contributed by atoms with Gasteiger partial charge in [0.25, 0.3) is 5.92 Å². The van der Waals surface area contributed by atoms with Crippen LogP contribution in [0.1, 0.15) is 17.2 Å². The molecule has 1 atom stereocenters. The molecule has 0 aliphatic carbocycles. The first-order valence-electron chi connectivity index (χ1n) is 8.96. The minimum atomic E-state index is -3.71. The normalized spacial score (nSPS) is 12.7. The van der Waals surface area contributed by atoms with Gasteiger partial charge in [0.2, 0.25) is 0 Å². The number of hydrogen-bond donors (Lipinski definition) is 0. The lowest BCUT2D eigenvalue weighted by molar-refractivity contribution is -0.0458. The Hall–Kier alpha value is -3.76. The maximum absolute atomic E-state index is 15.5. The number of tetrazole rings is 1. The number of halogens is 5. The molecular formula is C20H13F5N6. The fourth-order valence-corrected chi connectivity index (χ4v) is 3.09. The van der Waals surface area contributed by atoms with Crippen LogP contribution in [0.5, 0.6) is 0 Å². The average Bonchev–Trinajstić information content (AvgIpc) is 3.26. The second-order valence-electron chi connectivity index (χ2n) is 6.67. The summed E-state index contributed by atoms with van der Waals surface area (Å²) >= 11 is 0. The van der Waals surface area contributed by atoms with Gasteiger partial charge in [0.15, 0.2) is 0 Å². The summed E-state index contributed by atoms with van der Waals surface area (Å²) in [4.78, 5) is 7.80. The molecule has 2 aromatic carbocycles. The maximum Gasteiger partial charge on any atom is 0.299 e. The molecule has 2 heterocycles. The Labute approximate surface area is 172 Å². The summed E-state index contributed by atoms with van der Waals surface area (Å²) in [6.07, 6.45) is 3.09. The number of nitrogens with zero attached hydrogens (tertiary/aromatic N) is 6. The lowest BCUT2D eigenvalue weighted by Gasteiger charge is -2.26. The fraction of sp³-hybridized carbons (Fsp3) is 0.150. The number of hydrogen-bond acceptors (Lipinski definition) is 5. The minimum absolute atomic E-state index is 0.254. The zero-order valence-electron chi connectivity index (χ0n) is 15.6. The van der Waals surface area contributed by atoms with Gasteiger partial charge in [-0.25, -0.2) is 17.9 Å². The van der Waals surface area contributed by atoms with E-state index in [0.717, 1.165) is 35.5 Å². The molecule has 0 spiro atoms. The Morgan fingerprint density at radius 1 is 0.903 bits per heavy atom. The van der Waals surface area contributed by atoms with Crippen molar-refractivity contribution in [2.75, 3.05) is 0 Å². The highest BCUT2D eigenvalue weighted by molar-refractivity contribution is 5.57. The van der Waals surface area contributed by atoms with E-state index >= 15 is 8.78 Å². The molecular weight excluding hydrogens is 419 g/mol. The van der Waals surface area contributed by atoms with Crippen LogP contribution < -0.4 is 0 Å². The van der Waals surface area contributed by atoms with Crippen molar-refractivity contribution in [1.82, 2.24) is 30.2 Å². The molecule has 31 heavy (non-hydrogen) atoms. The highest BCUT2D eigenvalue weighted by Gasteiger charge is 2.45. The number of benzene rings is 2. The lowest BCUT2D eigenvalue weighted by atomic mass is 9.90. The predicted octanol–water partition coefficient (Wildman–Crippen LogP) is 4.12. The van der Waals surface area contributed by atoms with E-state index in [9.17, 15) is 13.2 Å². The average molecular weight is 432 g/mol. The molecule has 158 valence electrons. The minimum Gasteiger partial charge on any atom is -0.252 e. The summed E-state index contributed by atoms with van der Waals surface area (Å²) in [7, 11) is 0. The molecule has 0 saturated carbocycles. The van der Waals surface area contributed by atoms with Gasteiger partial charge < -0.3 is 0 Å². The van der Waals surface area contributed by atoms with E-state index in [1.807, 2.05) is 0 Å². The quantitative estimate of drug-likeness (QED) is 0.429. The van der Waals surface area contributed by atoms with Crippen molar-refractivity contribution in [2.24, 2.45) is 0 Å². The van der Waals surface area contributed by atoms with Crippen LogP contribution in [0.25, 0.3) is 11.3 Å². The molecule has 0 radical (unpaired) electrons. The summed E-state index contributed by atoms with van der Waals surface area (Å²) in [5.74, 6) is -7.99. The van der Waals surface area contributed by atoms with Crippen LogP contribution in [-0.2, 0) is 12.5 Å². The van der Waals surface area contributed by atoms with Gasteiger partial charge in [0.1, 0.15) is 29.5 Å². The summed E-state index contributed by atoms with van der Waals surface area (Å²) in [6.45, 7) is -0.496. The van der Waals surface area contributed by atoms with Crippen LogP contribution in [0.3, 0.4) is 0 Å². The molecule has 0 aliphatic rings. The third kappa shape index (κ3) is 4.25. The Morgan fingerprint density at radius 2 is 1.65 bits per heavy atom. The summed E-state index contributed by atoms with van der Waals surface area (Å²) in [6, 6.07) is 7.66. The van der Waals surface area contributed by atoms with E-state index in [2.05, 4.69) is 25.5 Å². The molecule has 0 fully saturated rings. The van der Waals surface area contributed by atoms with Crippen LogP contribution in [0.4, 0.5) is 22.0 Å². The Bertz CT molecular complexity index is 1160. The van der Waals surface area contributed by atoms with E-state index in [4.69, 9.17) is 0 Å². The largest absolute Gasteiger partial charge is 0.299 e. The SMILES string of the molecule is Fc1ccc(-c2cnc(C(F)(F)C(Cn3cnnn3)c3ccc(F)cc3F)cn2)cc1. The van der Waals surface area contributed by atoms with Crippen LogP contribution in [0, 0.1) is 17.5 Å². The molecule has 4 aromatic rings. The molecule has 11 heteroatoms. The Morgan fingerprint density at radius 3 is 2.26 bits per heavy atom. The highest BCUT2D eigenvalue weighted by atomic mass is 19.3. The molecule has 0 amide bonds. The molecule has 2 aromatic heterocycles. The van der Waals surface area contributed by atoms with Gasteiger partial charge in [-0.15, -0.1) is 5.10 Å². The third-order valence-corrected chi connectivity index (χ3v) is 4.67. The second kappa shape index (κ2) is 8.17. The zero-order valence-corrected chi connectivity index (χ0v) is 15.6. The van der Waals surface area contributed by atoms with Gasteiger partial charge in [0, 0.05) is 11.6 Å². The molecule has 0 N–H and O–H groups in total. The predicted molar refractivity (Wildman–Crippen MR) is 98.2 cm³/mol. The fourth-order valence-electron chi connectivity index (χ4n) is 3.09. The van der Waals surface area contributed by atoms with Crippen LogP contribution in [-0.4, -0.2) is 30.2 Å². The van der Waals surface area contributed by atoms with E-state index in [0.29, 0.717) is 11.6 Å². The van der Waals surface area contributed by atoms with E-state index in [1.165, 1.54) is 24.3 Å².